The fourth-order valence-corrected chi connectivity index (χ4v) is 3.72. The third-order valence-corrected chi connectivity index (χ3v) is 6.13. The molecule has 1 amide bonds. The fourth-order valence-electron chi connectivity index (χ4n) is 3.20. The van der Waals surface area contributed by atoms with Crippen molar-refractivity contribution in [3.05, 3.63) is 90.0 Å². The molecule has 162 valence electrons. The normalized spacial score (nSPS) is 12.8. The zero-order chi connectivity index (χ0) is 22.6. The van der Waals surface area contributed by atoms with Crippen LogP contribution in [0.25, 0.3) is 0 Å². The van der Waals surface area contributed by atoms with Crippen LogP contribution in [0, 0.1) is 0 Å². The van der Waals surface area contributed by atoms with Gasteiger partial charge >= 0.3 is 0 Å². The first kappa shape index (κ1) is 22.5. The van der Waals surface area contributed by atoms with Gasteiger partial charge in [0.25, 0.3) is 5.91 Å². The Morgan fingerprint density at radius 3 is 2.00 bits per heavy atom. The van der Waals surface area contributed by atoms with Crippen molar-refractivity contribution in [1.29, 1.82) is 0 Å². The van der Waals surface area contributed by atoms with Gasteiger partial charge in [0.1, 0.15) is 5.75 Å². The number of benzene rings is 3. The van der Waals surface area contributed by atoms with E-state index < -0.39 is 16.1 Å². The minimum absolute atomic E-state index is 0.0201. The van der Waals surface area contributed by atoms with Crippen molar-refractivity contribution in [1.82, 2.24) is 0 Å². The van der Waals surface area contributed by atoms with E-state index in [0.29, 0.717) is 11.4 Å². The summed E-state index contributed by atoms with van der Waals surface area (Å²) in [6, 6.07) is 23.6. The summed E-state index contributed by atoms with van der Waals surface area (Å²) in [6.07, 6.45) is -0.745. The molecule has 3 aromatic carbocycles. The van der Waals surface area contributed by atoms with E-state index in [-0.39, 0.29) is 16.2 Å². The van der Waals surface area contributed by atoms with Crippen LogP contribution < -0.4 is 15.2 Å². The van der Waals surface area contributed by atoms with Gasteiger partial charge in [-0.2, -0.15) is 0 Å². The van der Waals surface area contributed by atoms with E-state index in [1.807, 2.05) is 42.5 Å². The molecular weight excluding hydrogens is 412 g/mol. The molecular formula is C24H26N2O4S. The average molecular weight is 439 g/mol. The quantitative estimate of drug-likeness (QED) is 0.581. The molecule has 0 aliphatic heterocycles. The number of ether oxygens (including phenoxy) is 1. The van der Waals surface area contributed by atoms with Gasteiger partial charge in [0.2, 0.25) is 10.0 Å². The second-order valence-corrected chi connectivity index (χ2v) is 9.40. The zero-order valence-electron chi connectivity index (χ0n) is 17.7. The number of nitrogens with one attached hydrogen (secondary N) is 1. The van der Waals surface area contributed by atoms with E-state index in [1.165, 1.54) is 29.8 Å². The highest BCUT2D eigenvalue weighted by Crippen LogP contribution is 2.32. The Hall–Kier alpha value is -3.16. The Kier molecular flexibility index (Phi) is 6.48. The third kappa shape index (κ3) is 5.51. The maximum absolute atomic E-state index is 12.4. The van der Waals surface area contributed by atoms with Gasteiger partial charge in [-0.25, -0.2) is 13.6 Å². The van der Waals surface area contributed by atoms with Crippen molar-refractivity contribution < 1.29 is 17.9 Å². The molecule has 0 spiro atoms. The molecule has 1 atom stereocenters. The minimum atomic E-state index is -3.77. The molecule has 0 aliphatic carbocycles. The lowest BCUT2D eigenvalue weighted by Gasteiger charge is -2.26. The summed E-state index contributed by atoms with van der Waals surface area (Å²) < 4.78 is 28.4. The number of amides is 1. The molecule has 31 heavy (non-hydrogen) atoms. The van der Waals surface area contributed by atoms with Crippen LogP contribution in [0.2, 0.25) is 0 Å². The predicted molar refractivity (Wildman–Crippen MR) is 122 cm³/mol. The largest absolute Gasteiger partial charge is 0.481 e. The number of carbonyl (C=O) groups is 1. The summed E-state index contributed by atoms with van der Waals surface area (Å²) in [5.41, 5.74) is 2.64. The van der Waals surface area contributed by atoms with Gasteiger partial charge in [-0.3, -0.25) is 4.79 Å². The van der Waals surface area contributed by atoms with Gasteiger partial charge in [-0.1, -0.05) is 56.3 Å². The van der Waals surface area contributed by atoms with Crippen LogP contribution in [-0.4, -0.2) is 20.4 Å². The molecule has 0 aliphatic rings. The number of hydrogen-bond acceptors (Lipinski definition) is 4. The predicted octanol–water partition coefficient (Wildman–Crippen LogP) is 4.07. The highest BCUT2D eigenvalue weighted by atomic mass is 32.2. The summed E-state index contributed by atoms with van der Waals surface area (Å²) in [5, 5.41) is 7.78. The average Bonchev–Trinajstić information content (AvgIpc) is 2.74. The van der Waals surface area contributed by atoms with Gasteiger partial charge < -0.3 is 10.1 Å². The van der Waals surface area contributed by atoms with Crippen LogP contribution in [0.3, 0.4) is 0 Å². The van der Waals surface area contributed by atoms with Crippen molar-refractivity contribution in [3.63, 3.8) is 0 Å². The topological polar surface area (TPSA) is 98.5 Å². The van der Waals surface area contributed by atoms with Crippen molar-refractivity contribution in [2.24, 2.45) is 5.14 Å². The second kappa shape index (κ2) is 8.91. The first-order valence-corrected chi connectivity index (χ1v) is 11.4. The molecule has 6 nitrogen and oxygen atoms in total. The van der Waals surface area contributed by atoms with E-state index >= 15 is 0 Å². The first-order chi connectivity index (χ1) is 14.6. The lowest BCUT2D eigenvalue weighted by atomic mass is 9.78. The second-order valence-electron chi connectivity index (χ2n) is 7.83. The molecule has 1 unspecified atom stereocenters. The molecule has 0 radical (unpaired) electrons. The van der Waals surface area contributed by atoms with Crippen LogP contribution in [0.1, 0.15) is 31.9 Å². The number of hydrogen-bond donors (Lipinski definition) is 2. The minimum Gasteiger partial charge on any atom is -0.481 e. The molecule has 3 N–H and O–H groups in total. The fraction of sp³-hybridized carbons (Fsp3) is 0.208. The molecule has 0 saturated carbocycles. The smallest absolute Gasteiger partial charge is 0.265 e. The third-order valence-electron chi connectivity index (χ3n) is 5.20. The monoisotopic (exact) mass is 438 g/mol. The van der Waals surface area contributed by atoms with Gasteiger partial charge in [-0.15, -0.1) is 0 Å². The summed E-state index contributed by atoms with van der Waals surface area (Å²) >= 11 is 0. The number of sulfonamides is 1. The molecule has 0 bridgehead atoms. The van der Waals surface area contributed by atoms with Gasteiger partial charge in [-0.05, 0) is 54.4 Å². The first-order valence-electron chi connectivity index (χ1n) is 9.84. The van der Waals surface area contributed by atoms with Crippen molar-refractivity contribution in [2.75, 3.05) is 5.32 Å². The zero-order valence-corrected chi connectivity index (χ0v) is 18.5. The van der Waals surface area contributed by atoms with E-state index in [2.05, 4.69) is 31.3 Å². The Labute approximate surface area is 183 Å². The summed E-state index contributed by atoms with van der Waals surface area (Å²) in [7, 11) is -3.77. The van der Waals surface area contributed by atoms with Gasteiger partial charge in [0, 0.05) is 11.1 Å². The van der Waals surface area contributed by atoms with E-state index in [0.717, 1.165) is 5.56 Å². The highest BCUT2D eigenvalue weighted by Gasteiger charge is 2.23. The van der Waals surface area contributed by atoms with Crippen LogP contribution in [0.4, 0.5) is 5.69 Å². The Morgan fingerprint density at radius 2 is 1.45 bits per heavy atom. The van der Waals surface area contributed by atoms with Crippen LogP contribution in [0.5, 0.6) is 5.75 Å². The van der Waals surface area contributed by atoms with Crippen LogP contribution in [-0.2, 0) is 20.2 Å². The lowest BCUT2D eigenvalue weighted by molar-refractivity contribution is -0.122. The number of nitrogens with two attached hydrogens (primary N) is 1. The van der Waals surface area contributed by atoms with Crippen molar-refractivity contribution >= 4 is 21.6 Å². The number of primary sulfonamides is 1. The maximum Gasteiger partial charge on any atom is 0.265 e. The molecule has 0 aromatic heterocycles. The molecule has 0 fully saturated rings. The van der Waals surface area contributed by atoms with E-state index in [9.17, 15) is 13.2 Å². The van der Waals surface area contributed by atoms with Crippen LogP contribution >= 0.6 is 0 Å². The summed E-state index contributed by atoms with van der Waals surface area (Å²) in [5.74, 6) is 0.233. The molecule has 7 heteroatoms. The Bertz CT molecular complexity index is 1140. The summed E-state index contributed by atoms with van der Waals surface area (Å²) in [4.78, 5) is 12.4. The molecule has 3 rings (SSSR count). The Morgan fingerprint density at radius 1 is 0.903 bits per heavy atom. The number of carbonyl (C=O) groups excluding carboxylic acids is 1. The van der Waals surface area contributed by atoms with Crippen LogP contribution in [0.15, 0.2) is 83.8 Å². The SMILES string of the molecule is CC(Oc1ccc(C(C)(C)c2ccccc2)cc1)C(=O)Nc1ccc(S(N)(=O)=O)cc1. The molecule has 0 heterocycles. The van der Waals surface area contributed by atoms with Crippen molar-refractivity contribution in [2.45, 2.75) is 37.2 Å². The number of rotatable bonds is 7. The van der Waals surface area contributed by atoms with Gasteiger partial charge in [0.15, 0.2) is 6.10 Å². The van der Waals surface area contributed by atoms with E-state index in [1.54, 1.807) is 6.92 Å². The van der Waals surface area contributed by atoms with E-state index in [4.69, 9.17) is 9.88 Å². The standard InChI is InChI=1S/C24H26N2O4S/c1-17(23(27)26-20-11-15-22(16-12-20)31(25,28)29)30-21-13-9-19(10-14-21)24(2,3)18-7-5-4-6-8-18/h4-17H,1-3H3,(H,26,27)(H2,25,28,29). The number of anilines is 1. The molecule has 0 saturated heterocycles. The van der Waals surface area contributed by atoms with Gasteiger partial charge in [0.05, 0.1) is 4.90 Å². The van der Waals surface area contributed by atoms with Crippen molar-refractivity contribution in [3.8, 4) is 5.75 Å². The highest BCUT2D eigenvalue weighted by molar-refractivity contribution is 7.89. The Balaban J connectivity index is 1.64. The summed E-state index contributed by atoms with van der Waals surface area (Å²) in [6.45, 7) is 5.97. The molecule has 3 aromatic rings. The lowest BCUT2D eigenvalue weighted by Crippen LogP contribution is -2.30. The maximum atomic E-state index is 12.4.